The number of ether oxygens (including phenoxy) is 2. The van der Waals surface area contributed by atoms with Gasteiger partial charge >= 0.3 is 0 Å². The lowest BCUT2D eigenvalue weighted by Crippen LogP contribution is -2.30. The molecule has 1 aromatic carbocycles. The van der Waals surface area contributed by atoms with Crippen molar-refractivity contribution in [1.29, 1.82) is 0 Å². The Morgan fingerprint density at radius 3 is 2.55 bits per heavy atom. The van der Waals surface area contributed by atoms with E-state index in [0.29, 0.717) is 24.1 Å². The molecule has 0 aliphatic carbocycles. The molecular formula is C15H24N2O3. The van der Waals surface area contributed by atoms with Gasteiger partial charge in [-0.25, -0.2) is 0 Å². The van der Waals surface area contributed by atoms with Crippen molar-refractivity contribution >= 4 is 5.91 Å². The summed E-state index contributed by atoms with van der Waals surface area (Å²) < 4.78 is 11.1. The van der Waals surface area contributed by atoms with Crippen molar-refractivity contribution in [2.24, 2.45) is 5.73 Å². The van der Waals surface area contributed by atoms with Crippen LogP contribution in [0.2, 0.25) is 0 Å². The first kappa shape index (κ1) is 16.3. The molecular weight excluding hydrogens is 256 g/mol. The van der Waals surface area contributed by atoms with Crippen molar-refractivity contribution < 1.29 is 14.3 Å². The molecule has 112 valence electrons. The minimum Gasteiger partial charge on any atom is -0.490 e. The van der Waals surface area contributed by atoms with Gasteiger partial charge in [0.25, 0.3) is 5.91 Å². The fourth-order valence-corrected chi connectivity index (χ4v) is 1.60. The number of nitrogens with two attached hydrogens (primary N) is 1. The van der Waals surface area contributed by atoms with Gasteiger partial charge < -0.3 is 20.5 Å². The zero-order valence-electron chi connectivity index (χ0n) is 12.6. The fraction of sp³-hybridized carbons (Fsp3) is 0.533. The van der Waals surface area contributed by atoms with E-state index in [0.717, 1.165) is 12.1 Å². The van der Waals surface area contributed by atoms with Crippen molar-refractivity contribution in [2.45, 2.75) is 46.4 Å². The van der Waals surface area contributed by atoms with Crippen molar-refractivity contribution in [3.8, 4) is 11.5 Å². The number of carbonyl (C=O) groups is 1. The molecule has 0 spiro atoms. The van der Waals surface area contributed by atoms with E-state index in [2.05, 4.69) is 19.2 Å². The van der Waals surface area contributed by atoms with E-state index in [4.69, 9.17) is 15.2 Å². The SMILES string of the molecule is CCOc1cc(CNC(C)C)ccc1OC(C)C(N)=O. The van der Waals surface area contributed by atoms with Crippen molar-refractivity contribution in [3.05, 3.63) is 23.8 Å². The van der Waals surface area contributed by atoms with Crippen LogP contribution in [-0.4, -0.2) is 24.7 Å². The van der Waals surface area contributed by atoms with Gasteiger partial charge in [-0.05, 0) is 31.5 Å². The molecule has 0 radical (unpaired) electrons. The summed E-state index contributed by atoms with van der Waals surface area (Å²) in [7, 11) is 0. The highest BCUT2D eigenvalue weighted by Crippen LogP contribution is 2.29. The molecule has 5 heteroatoms. The molecule has 0 saturated heterocycles. The maximum absolute atomic E-state index is 11.1. The predicted molar refractivity (Wildman–Crippen MR) is 78.9 cm³/mol. The zero-order valence-corrected chi connectivity index (χ0v) is 12.6. The van der Waals surface area contributed by atoms with Crippen LogP contribution in [0.3, 0.4) is 0 Å². The van der Waals surface area contributed by atoms with Gasteiger partial charge in [-0.3, -0.25) is 4.79 Å². The van der Waals surface area contributed by atoms with E-state index in [1.165, 1.54) is 0 Å². The molecule has 1 rings (SSSR count). The quantitative estimate of drug-likeness (QED) is 0.762. The summed E-state index contributed by atoms with van der Waals surface area (Å²) in [5, 5.41) is 3.34. The lowest BCUT2D eigenvalue weighted by Gasteiger charge is -2.16. The Balaban J connectivity index is 2.86. The summed E-state index contributed by atoms with van der Waals surface area (Å²) >= 11 is 0. The number of amides is 1. The van der Waals surface area contributed by atoms with E-state index >= 15 is 0 Å². The topological polar surface area (TPSA) is 73.6 Å². The normalized spacial score (nSPS) is 12.2. The fourth-order valence-electron chi connectivity index (χ4n) is 1.60. The van der Waals surface area contributed by atoms with E-state index in [-0.39, 0.29) is 0 Å². The summed E-state index contributed by atoms with van der Waals surface area (Å²) in [6.07, 6.45) is -0.686. The van der Waals surface area contributed by atoms with Gasteiger partial charge in [-0.1, -0.05) is 19.9 Å². The van der Waals surface area contributed by atoms with Crippen LogP contribution in [0.15, 0.2) is 18.2 Å². The molecule has 1 unspecified atom stereocenters. The standard InChI is InChI=1S/C15H24N2O3/c1-5-19-14-8-12(9-17-10(2)3)6-7-13(14)20-11(4)15(16)18/h6-8,10-11,17H,5,9H2,1-4H3,(H2,16,18). The third-order valence-corrected chi connectivity index (χ3v) is 2.73. The maximum Gasteiger partial charge on any atom is 0.258 e. The van der Waals surface area contributed by atoms with E-state index in [1.807, 2.05) is 25.1 Å². The largest absolute Gasteiger partial charge is 0.490 e. The average molecular weight is 280 g/mol. The minimum absolute atomic E-state index is 0.413. The van der Waals surface area contributed by atoms with Crippen LogP contribution >= 0.6 is 0 Å². The van der Waals surface area contributed by atoms with Gasteiger partial charge in [0.1, 0.15) is 0 Å². The highest BCUT2D eigenvalue weighted by atomic mass is 16.5. The monoisotopic (exact) mass is 280 g/mol. The van der Waals surface area contributed by atoms with E-state index in [9.17, 15) is 4.79 Å². The molecule has 0 bridgehead atoms. The number of rotatable bonds is 8. The molecule has 1 amide bonds. The van der Waals surface area contributed by atoms with Gasteiger partial charge in [0.15, 0.2) is 17.6 Å². The van der Waals surface area contributed by atoms with Crippen LogP contribution < -0.4 is 20.5 Å². The predicted octanol–water partition coefficient (Wildman–Crippen LogP) is 1.84. The highest BCUT2D eigenvalue weighted by Gasteiger charge is 2.14. The first-order chi connectivity index (χ1) is 9.43. The van der Waals surface area contributed by atoms with Crippen LogP contribution in [0.4, 0.5) is 0 Å². The summed E-state index contributed by atoms with van der Waals surface area (Å²) in [6.45, 7) is 8.99. The molecule has 0 heterocycles. The molecule has 3 N–H and O–H groups in total. The molecule has 0 aliphatic rings. The first-order valence-corrected chi connectivity index (χ1v) is 6.89. The summed E-state index contributed by atoms with van der Waals surface area (Å²) in [5.41, 5.74) is 6.30. The van der Waals surface area contributed by atoms with Crippen molar-refractivity contribution in [1.82, 2.24) is 5.32 Å². The van der Waals surface area contributed by atoms with Crippen molar-refractivity contribution in [2.75, 3.05) is 6.61 Å². The number of hydrogen-bond donors (Lipinski definition) is 2. The maximum atomic E-state index is 11.1. The molecule has 1 aromatic rings. The van der Waals surface area contributed by atoms with Gasteiger partial charge in [-0.15, -0.1) is 0 Å². The second kappa shape index (κ2) is 7.75. The molecule has 0 aromatic heterocycles. The average Bonchev–Trinajstić information content (AvgIpc) is 2.38. The van der Waals surface area contributed by atoms with Crippen LogP contribution in [-0.2, 0) is 11.3 Å². The molecule has 5 nitrogen and oxygen atoms in total. The number of primary amides is 1. The Bertz CT molecular complexity index is 447. The summed E-state index contributed by atoms with van der Waals surface area (Å²) in [4.78, 5) is 11.1. The molecule has 20 heavy (non-hydrogen) atoms. The second-order valence-corrected chi connectivity index (χ2v) is 4.91. The number of nitrogens with one attached hydrogen (secondary N) is 1. The Kier molecular flexibility index (Phi) is 6.31. The van der Waals surface area contributed by atoms with Crippen molar-refractivity contribution in [3.63, 3.8) is 0 Å². The van der Waals surface area contributed by atoms with Gasteiger partial charge in [0.2, 0.25) is 0 Å². The smallest absolute Gasteiger partial charge is 0.258 e. The van der Waals surface area contributed by atoms with Gasteiger partial charge in [-0.2, -0.15) is 0 Å². The lowest BCUT2D eigenvalue weighted by molar-refractivity contribution is -0.124. The molecule has 0 fully saturated rings. The molecule has 0 saturated carbocycles. The summed E-state index contributed by atoms with van der Waals surface area (Å²) in [5.74, 6) is 0.660. The van der Waals surface area contributed by atoms with Gasteiger partial charge in [0.05, 0.1) is 6.61 Å². The third kappa shape index (κ3) is 5.09. The number of hydrogen-bond acceptors (Lipinski definition) is 4. The minimum atomic E-state index is -0.686. The van der Waals surface area contributed by atoms with Crippen LogP contribution in [0.1, 0.15) is 33.3 Å². The first-order valence-electron chi connectivity index (χ1n) is 6.89. The number of carbonyl (C=O) groups excluding carboxylic acids is 1. The van der Waals surface area contributed by atoms with E-state index < -0.39 is 12.0 Å². The number of benzene rings is 1. The van der Waals surface area contributed by atoms with E-state index in [1.54, 1.807) is 6.92 Å². The highest BCUT2D eigenvalue weighted by molar-refractivity contribution is 5.78. The Hall–Kier alpha value is -1.75. The zero-order chi connectivity index (χ0) is 15.1. The Morgan fingerprint density at radius 2 is 2.00 bits per heavy atom. The molecule has 0 aliphatic heterocycles. The van der Waals surface area contributed by atoms with Crippen LogP contribution in [0.25, 0.3) is 0 Å². The second-order valence-electron chi connectivity index (χ2n) is 4.91. The third-order valence-electron chi connectivity index (χ3n) is 2.73. The van der Waals surface area contributed by atoms with Crippen LogP contribution in [0, 0.1) is 0 Å². The Labute approximate surface area is 120 Å². The van der Waals surface area contributed by atoms with Gasteiger partial charge in [0, 0.05) is 12.6 Å². The Morgan fingerprint density at radius 1 is 1.30 bits per heavy atom. The molecule has 1 atom stereocenters. The lowest BCUT2D eigenvalue weighted by atomic mass is 10.2. The van der Waals surface area contributed by atoms with Crippen LogP contribution in [0.5, 0.6) is 11.5 Å². The summed E-state index contributed by atoms with van der Waals surface area (Å²) in [6, 6.07) is 6.08.